The fraction of sp³-hybridized carbons (Fsp3) is 0.647. The molecule has 3 unspecified atom stereocenters. The highest BCUT2D eigenvalue weighted by molar-refractivity contribution is 9.10. The summed E-state index contributed by atoms with van der Waals surface area (Å²) >= 11 is 3.57. The van der Waals surface area contributed by atoms with Crippen molar-refractivity contribution in [2.24, 2.45) is 5.92 Å². The van der Waals surface area contributed by atoms with E-state index in [0.717, 1.165) is 29.6 Å². The van der Waals surface area contributed by atoms with Crippen LogP contribution in [0.15, 0.2) is 22.7 Å². The van der Waals surface area contributed by atoms with Crippen molar-refractivity contribution < 1.29 is 4.74 Å². The van der Waals surface area contributed by atoms with Crippen LogP contribution in [0.25, 0.3) is 0 Å². The van der Waals surface area contributed by atoms with Gasteiger partial charge in [0.15, 0.2) is 0 Å². The van der Waals surface area contributed by atoms with E-state index in [2.05, 4.69) is 60.2 Å². The molecule has 0 saturated heterocycles. The highest BCUT2D eigenvalue weighted by Crippen LogP contribution is 2.39. The summed E-state index contributed by atoms with van der Waals surface area (Å²) in [6, 6.07) is 6.79. The summed E-state index contributed by atoms with van der Waals surface area (Å²) in [5, 5.41) is 3.68. The van der Waals surface area contributed by atoms with E-state index in [1.165, 1.54) is 18.4 Å². The van der Waals surface area contributed by atoms with Gasteiger partial charge in [0.1, 0.15) is 11.9 Å². The van der Waals surface area contributed by atoms with Crippen molar-refractivity contribution in [3.63, 3.8) is 0 Å². The Kier molecular flexibility index (Phi) is 5.91. The molecular weight excluding hydrogens is 314 g/mol. The van der Waals surface area contributed by atoms with Crippen molar-refractivity contribution in [3.8, 4) is 5.75 Å². The summed E-state index contributed by atoms with van der Waals surface area (Å²) in [4.78, 5) is 0. The number of hydrogen-bond acceptors (Lipinski definition) is 2. The first-order valence-corrected chi connectivity index (χ1v) is 8.64. The third kappa shape index (κ3) is 3.76. The Labute approximate surface area is 131 Å². The maximum Gasteiger partial charge on any atom is 0.124 e. The van der Waals surface area contributed by atoms with E-state index in [4.69, 9.17) is 4.74 Å². The second-order valence-corrected chi connectivity index (χ2v) is 6.76. The molecule has 1 aliphatic heterocycles. The zero-order chi connectivity index (χ0) is 14.5. The van der Waals surface area contributed by atoms with Crippen LogP contribution >= 0.6 is 15.9 Å². The summed E-state index contributed by atoms with van der Waals surface area (Å²) in [6.07, 6.45) is 5.02. The first kappa shape index (κ1) is 15.8. The van der Waals surface area contributed by atoms with Gasteiger partial charge in [0.05, 0.1) is 0 Å². The van der Waals surface area contributed by atoms with Gasteiger partial charge in [0.25, 0.3) is 0 Å². The molecule has 112 valence electrons. The monoisotopic (exact) mass is 339 g/mol. The Bertz CT molecular complexity index is 435. The van der Waals surface area contributed by atoms with Gasteiger partial charge < -0.3 is 10.1 Å². The molecule has 0 spiro atoms. The van der Waals surface area contributed by atoms with Crippen molar-refractivity contribution in [1.29, 1.82) is 0 Å². The smallest absolute Gasteiger partial charge is 0.124 e. The number of ether oxygens (including phenoxy) is 1. The Balaban J connectivity index is 2.19. The van der Waals surface area contributed by atoms with Crippen molar-refractivity contribution in [1.82, 2.24) is 5.32 Å². The summed E-state index contributed by atoms with van der Waals surface area (Å²) in [5.41, 5.74) is 1.30. The molecule has 2 rings (SSSR count). The number of halogens is 1. The predicted octanol–water partition coefficient (Wildman–Crippen LogP) is 5.08. The number of hydrogen-bond donors (Lipinski definition) is 1. The summed E-state index contributed by atoms with van der Waals surface area (Å²) < 4.78 is 7.38. The lowest BCUT2D eigenvalue weighted by atomic mass is 9.88. The van der Waals surface area contributed by atoms with Crippen LogP contribution in [0.4, 0.5) is 0 Å². The predicted molar refractivity (Wildman–Crippen MR) is 88.3 cm³/mol. The fourth-order valence-corrected chi connectivity index (χ4v) is 3.35. The lowest BCUT2D eigenvalue weighted by Gasteiger charge is -2.36. The number of benzene rings is 1. The first-order valence-electron chi connectivity index (χ1n) is 7.85. The number of nitrogens with one attached hydrogen (secondary N) is 1. The van der Waals surface area contributed by atoms with Crippen molar-refractivity contribution in [3.05, 3.63) is 28.2 Å². The molecule has 2 nitrogen and oxygen atoms in total. The van der Waals surface area contributed by atoms with Crippen LogP contribution in [0.1, 0.15) is 58.1 Å². The molecule has 0 bridgehead atoms. The van der Waals surface area contributed by atoms with E-state index in [-0.39, 0.29) is 0 Å². The van der Waals surface area contributed by atoms with Gasteiger partial charge in [0.2, 0.25) is 0 Å². The minimum absolute atomic E-state index is 0.331. The molecule has 1 aliphatic rings. The Morgan fingerprint density at radius 2 is 2.15 bits per heavy atom. The topological polar surface area (TPSA) is 21.3 Å². The van der Waals surface area contributed by atoms with E-state index in [0.29, 0.717) is 18.1 Å². The maximum atomic E-state index is 6.25. The molecule has 1 heterocycles. The van der Waals surface area contributed by atoms with Gasteiger partial charge in [-0.2, -0.15) is 0 Å². The second kappa shape index (κ2) is 7.46. The van der Waals surface area contributed by atoms with Gasteiger partial charge in [-0.25, -0.2) is 0 Å². The van der Waals surface area contributed by atoms with Gasteiger partial charge in [-0.15, -0.1) is 0 Å². The minimum atomic E-state index is 0.331. The minimum Gasteiger partial charge on any atom is -0.490 e. The SMILES string of the molecule is CCCNC1CC(C(C)CCC)Oc2ccc(Br)cc21. The van der Waals surface area contributed by atoms with Crippen LogP contribution in [-0.2, 0) is 0 Å². The normalized spacial score (nSPS) is 23.0. The van der Waals surface area contributed by atoms with E-state index in [1.807, 2.05) is 0 Å². The Morgan fingerprint density at radius 1 is 1.35 bits per heavy atom. The average molecular weight is 340 g/mol. The van der Waals surface area contributed by atoms with Gasteiger partial charge in [0, 0.05) is 22.5 Å². The summed E-state index contributed by atoms with van der Waals surface area (Å²) in [7, 11) is 0. The van der Waals surface area contributed by atoms with Crippen molar-refractivity contribution in [2.75, 3.05) is 6.54 Å². The zero-order valence-corrected chi connectivity index (χ0v) is 14.4. The molecule has 3 atom stereocenters. The second-order valence-electron chi connectivity index (χ2n) is 5.85. The molecule has 1 aromatic rings. The van der Waals surface area contributed by atoms with Crippen LogP contribution in [-0.4, -0.2) is 12.6 Å². The van der Waals surface area contributed by atoms with Crippen molar-refractivity contribution >= 4 is 15.9 Å². The van der Waals surface area contributed by atoms with Gasteiger partial charge in [-0.05, 0) is 43.5 Å². The molecule has 0 amide bonds. The lowest BCUT2D eigenvalue weighted by Crippen LogP contribution is -2.36. The van der Waals surface area contributed by atoms with Crippen LogP contribution in [0.2, 0.25) is 0 Å². The largest absolute Gasteiger partial charge is 0.490 e. The summed E-state index contributed by atoms with van der Waals surface area (Å²) in [6.45, 7) is 7.84. The standard InChI is InChI=1S/C17H26BrNO/c1-4-6-12(3)17-11-15(19-9-5-2)14-10-13(18)7-8-16(14)20-17/h7-8,10,12,15,17,19H,4-6,9,11H2,1-3H3. The molecule has 20 heavy (non-hydrogen) atoms. The van der Waals surface area contributed by atoms with Crippen LogP contribution in [0.3, 0.4) is 0 Å². The van der Waals surface area contributed by atoms with Crippen molar-refractivity contribution in [2.45, 2.75) is 58.6 Å². The highest BCUT2D eigenvalue weighted by Gasteiger charge is 2.30. The average Bonchev–Trinajstić information content (AvgIpc) is 2.45. The molecule has 1 aromatic carbocycles. The molecule has 0 radical (unpaired) electrons. The lowest BCUT2D eigenvalue weighted by molar-refractivity contribution is 0.0954. The fourth-order valence-electron chi connectivity index (χ4n) is 2.97. The van der Waals surface area contributed by atoms with Gasteiger partial charge >= 0.3 is 0 Å². The first-order chi connectivity index (χ1) is 9.65. The van der Waals surface area contributed by atoms with Gasteiger partial charge in [-0.1, -0.05) is 43.1 Å². The highest BCUT2D eigenvalue weighted by atomic mass is 79.9. The third-order valence-electron chi connectivity index (χ3n) is 4.11. The zero-order valence-electron chi connectivity index (χ0n) is 12.8. The molecule has 0 fully saturated rings. The van der Waals surface area contributed by atoms with E-state index >= 15 is 0 Å². The van der Waals surface area contributed by atoms with E-state index in [9.17, 15) is 0 Å². The summed E-state index contributed by atoms with van der Waals surface area (Å²) in [5.74, 6) is 1.67. The Hall–Kier alpha value is -0.540. The van der Waals surface area contributed by atoms with E-state index < -0.39 is 0 Å². The van der Waals surface area contributed by atoms with Crippen LogP contribution in [0.5, 0.6) is 5.75 Å². The Morgan fingerprint density at radius 3 is 2.85 bits per heavy atom. The van der Waals surface area contributed by atoms with E-state index in [1.54, 1.807) is 0 Å². The van der Waals surface area contributed by atoms with Crippen LogP contribution < -0.4 is 10.1 Å². The maximum absolute atomic E-state index is 6.25. The molecule has 0 saturated carbocycles. The van der Waals surface area contributed by atoms with Crippen LogP contribution in [0, 0.1) is 5.92 Å². The number of rotatable bonds is 6. The molecular formula is C17H26BrNO. The quantitative estimate of drug-likeness (QED) is 0.780. The molecule has 3 heteroatoms. The third-order valence-corrected chi connectivity index (χ3v) is 4.61. The number of fused-ring (bicyclic) bond motifs is 1. The molecule has 0 aliphatic carbocycles. The molecule has 1 N–H and O–H groups in total. The van der Waals surface area contributed by atoms with Gasteiger partial charge in [-0.3, -0.25) is 0 Å². The molecule has 0 aromatic heterocycles.